The fraction of sp³-hybridized carbons (Fsp3) is 0.357. The van der Waals surface area contributed by atoms with E-state index in [0.29, 0.717) is 17.1 Å². The van der Waals surface area contributed by atoms with E-state index in [-0.39, 0.29) is 17.9 Å². The van der Waals surface area contributed by atoms with Crippen LogP contribution in [0.3, 0.4) is 0 Å². The summed E-state index contributed by atoms with van der Waals surface area (Å²) < 4.78 is 5.35. The van der Waals surface area contributed by atoms with Crippen LogP contribution in [-0.4, -0.2) is 45.7 Å². The maximum atomic E-state index is 12.1. The average Bonchev–Trinajstić information content (AvgIpc) is 2.87. The Labute approximate surface area is 126 Å². The number of benzene rings is 1. The second-order valence-corrected chi connectivity index (χ2v) is 5.86. The normalized spacial score (nSPS) is 20.9. The molecule has 1 fully saturated rings. The SMILES string of the molecule is CC1SCC(C(=O)O)N1C(=O)COc1ccc(C#N)cc1. The fourth-order valence-corrected chi connectivity index (χ4v) is 3.25. The number of carboxylic acid groups (broad SMARTS) is 1. The van der Waals surface area contributed by atoms with E-state index in [1.165, 1.54) is 16.7 Å². The van der Waals surface area contributed by atoms with Crippen LogP contribution in [0.5, 0.6) is 5.75 Å². The zero-order chi connectivity index (χ0) is 15.4. The molecule has 1 aromatic rings. The number of thioether (sulfide) groups is 1. The maximum Gasteiger partial charge on any atom is 0.327 e. The van der Waals surface area contributed by atoms with E-state index in [4.69, 9.17) is 15.1 Å². The van der Waals surface area contributed by atoms with E-state index < -0.39 is 12.0 Å². The van der Waals surface area contributed by atoms with Gasteiger partial charge >= 0.3 is 5.97 Å². The molecule has 1 amide bonds. The first kappa shape index (κ1) is 15.2. The monoisotopic (exact) mass is 306 g/mol. The lowest BCUT2D eigenvalue weighted by molar-refractivity contribution is -0.149. The minimum atomic E-state index is -1.00. The van der Waals surface area contributed by atoms with Crippen LogP contribution in [0.15, 0.2) is 24.3 Å². The third-order valence-electron chi connectivity index (χ3n) is 3.14. The summed E-state index contributed by atoms with van der Waals surface area (Å²) in [5, 5.41) is 17.6. The Morgan fingerprint density at radius 2 is 2.14 bits per heavy atom. The van der Waals surface area contributed by atoms with Gasteiger partial charge in [-0.05, 0) is 31.2 Å². The zero-order valence-corrected chi connectivity index (χ0v) is 12.2. The lowest BCUT2D eigenvalue weighted by Gasteiger charge is -2.24. The molecule has 1 heterocycles. The van der Waals surface area contributed by atoms with Crippen molar-refractivity contribution in [3.63, 3.8) is 0 Å². The van der Waals surface area contributed by atoms with E-state index in [9.17, 15) is 9.59 Å². The Morgan fingerprint density at radius 3 is 2.71 bits per heavy atom. The third-order valence-corrected chi connectivity index (χ3v) is 4.36. The Hall–Kier alpha value is -2.20. The lowest BCUT2D eigenvalue weighted by Crippen LogP contribution is -2.46. The first-order valence-corrected chi connectivity index (χ1v) is 7.36. The molecule has 2 unspecified atom stereocenters. The van der Waals surface area contributed by atoms with E-state index >= 15 is 0 Å². The largest absolute Gasteiger partial charge is 0.484 e. The van der Waals surface area contributed by atoms with Gasteiger partial charge in [0.1, 0.15) is 11.8 Å². The van der Waals surface area contributed by atoms with Crippen molar-refractivity contribution < 1.29 is 19.4 Å². The molecule has 1 aliphatic heterocycles. The van der Waals surface area contributed by atoms with Crippen molar-refractivity contribution in [3.05, 3.63) is 29.8 Å². The van der Waals surface area contributed by atoms with Gasteiger partial charge in [-0.3, -0.25) is 4.79 Å². The van der Waals surface area contributed by atoms with Gasteiger partial charge in [0.2, 0.25) is 0 Å². The van der Waals surface area contributed by atoms with E-state index in [2.05, 4.69) is 0 Å². The van der Waals surface area contributed by atoms with Crippen LogP contribution >= 0.6 is 11.8 Å². The van der Waals surface area contributed by atoms with Crippen LogP contribution in [0.25, 0.3) is 0 Å². The van der Waals surface area contributed by atoms with Crippen LogP contribution in [0, 0.1) is 11.3 Å². The van der Waals surface area contributed by atoms with Crippen molar-refractivity contribution in [2.45, 2.75) is 18.3 Å². The maximum absolute atomic E-state index is 12.1. The van der Waals surface area contributed by atoms with E-state index in [1.807, 2.05) is 6.07 Å². The summed E-state index contributed by atoms with van der Waals surface area (Å²) in [5.41, 5.74) is 0.504. The van der Waals surface area contributed by atoms with Crippen molar-refractivity contribution in [2.24, 2.45) is 0 Å². The molecule has 2 atom stereocenters. The molecule has 0 radical (unpaired) electrons. The van der Waals surface area contributed by atoms with E-state index in [0.717, 1.165) is 0 Å². The first-order chi connectivity index (χ1) is 10.0. The van der Waals surface area contributed by atoms with Crippen LogP contribution in [0.4, 0.5) is 0 Å². The standard InChI is InChI=1S/C14H14N2O4S/c1-9-16(12(8-21-9)14(18)19)13(17)7-20-11-4-2-10(6-15)3-5-11/h2-5,9,12H,7-8H2,1H3,(H,18,19). The first-order valence-electron chi connectivity index (χ1n) is 6.31. The number of carbonyl (C=O) groups excluding carboxylic acids is 1. The number of hydrogen-bond donors (Lipinski definition) is 1. The fourth-order valence-electron chi connectivity index (χ4n) is 2.06. The summed E-state index contributed by atoms with van der Waals surface area (Å²) in [6.07, 6.45) is 0. The van der Waals surface area contributed by atoms with Gasteiger partial charge in [0.25, 0.3) is 5.91 Å². The second-order valence-electron chi connectivity index (χ2n) is 4.51. The molecule has 0 spiro atoms. The molecular weight excluding hydrogens is 292 g/mol. The number of carbonyl (C=O) groups is 2. The summed E-state index contributed by atoms with van der Waals surface area (Å²) >= 11 is 1.43. The van der Waals surface area contributed by atoms with Crippen LogP contribution < -0.4 is 4.74 Å². The van der Waals surface area contributed by atoms with Gasteiger partial charge in [0.05, 0.1) is 17.0 Å². The van der Waals surface area contributed by atoms with Gasteiger partial charge in [-0.25, -0.2) is 4.79 Å². The van der Waals surface area contributed by atoms with Crippen LogP contribution in [0.2, 0.25) is 0 Å². The highest BCUT2D eigenvalue weighted by Gasteiger charge is 2.39. The van der Waals surface area contributed by atoms with Gasteiger partial charge in [-0.1, -0.05) is 0 Å². The van der Waals surface area contributed by atoms with Crippen LogP contribution in [0.1, 0.15) is 12.5 Å². The number of rotatable bonds is 4. The molecule has 110 valence electrons. The van der Waals surface area contributed by atoms with Crippen molar-refractivity contribution in [2.75, 3.05) is 12.4 Å². The number of carboxylic acids is 1. The minimum absolute atomic E-state index is 0.178. The lowest BCUT2D eigenvalue weighted by atomic mass is 10.2. The predicted molar refractivity (Wildman–Crippen MR) is 76.8 cm³/mol. The number of hydrogen-bond acceptors (Lipinski definition) is 5. The summed E-state index contributed by atoms with van der Waals surface area (Å²) in [7, 11) is 0. The highest BCUT2D eigenvalue weighted by molar-refractivity contribution is 8.00. The second kappa shape index (κ2) is 6.50. The molecule has 0 bridgehead atoms. The molecule has 0 saturated carbocycles. The quantitative estimate of drug-likeness (QED) is 0.902. The molecule has 0 aliphatic carbocycles. The molecule has 1 saturated heterocycles. The van der Waals surface area contributed by atoms with Crippen molar-refractivity contribution in [1.29, 1.82) is 5.26 Å². The van der Waals surface area contributed by atoms with Gasteiger partial charge in [0, 0.05) is 5.75 Å². The Bertz CT molecular complexity index is 582. The number of nitriles is 1. The predicted octanol–water partition coefficient (Wildman–Crippen LogP) is 1.31. The number of amides is 1. The molecular formula is C14H14N2O4S. The Morgan fingerprint density at radius 1 is 1.48 bits per heavy atom. The molecule has 1 N–H and O–H groups in total. The van der Waals surface area contributed by atoms with Gasteiger partial charge in [-0.2, -0.15) is 5.26 Å². The Balaban J connectivity index is 1.97. The summed E-state index contributed by atoms with van der Waals surface area (Å²) in [4.78, 5) is 24.6. The summed E-state index contributed by atoms with van der Waals surface area (Å²) in [5.74, 6) is -0.504. The average molecular weight is 306 g/mol. The molecule has 0 aromatic heterocycles. The molecule has 1 aromatic carbocycles. The molecule has 1 aliphatic rings. The number of aliphatic carboxylic acids is 1. The van der Waals surface area contributed by atoms with Crippen molar-refractivity contribution in [1.82, 2.24) is 4.90 Å². The minimum Gasteiger partial charge on any atom is -0.484 e. The summed E-state index contributed by atoms with van der Waals surface area (Å²) in [6.45, 7) is 1.58. The zero-order valence-electron chi connectivity index (χ0n) is 11.4. The topological polar surface area (TPSA) is 90.6 Å². The number of ether oxygens (including phenoxy) is 1. The van der Waals surface area contributed by atoms with Gasteiger partial charge < -0.3 is 14.7 Å². The summed E-state index contributed by atoms with van der Waals surface area (Å²) in [6, 6.07) is 7.57. The smallest absolute Gasteiger partial charge is 0.327 e. The van der Waals surface area contributed by atoms with Crippen molar-refractivity contribution in [3.8, 4) is 11.8 Å². The highest BCUT2D eigenvalue weighted by Crippen LogP contribution is 2.28. The number of nitrogens with zero attached hydrogens (tertiary/aromatic N) is 2. The van der Waals surface area contributed by atoms with Crippen molar-refractivity contribution >= 4 is 23.6 Å². The van der Waals surface area contributed by atoms with Gasteiger partial charge in [-0.15, -0.1) is 11.8 Å². The molecule has 7 heteroatoms. The third kappa shape index (κ3) is 3.47. The van der Waals surface area contributed by atoms with Crippen LogP contribution in [-0.2, 0) is 9.59 Å². The van der Waals surface area contributed by atoms with Gasteiger partial charge in [0.15, 0.2) is 6.61 Å². The Kier molecular flexibility index (Phi) is 4.70. The molecule has 6 nitrogen and oxygen atoms in total. The highest BCUT2D eigenvalue weighted by atomic mass is 32.2. The molecule has 2 rings (SSSR count). The van der Waals surface area contributed by atoms with E-state index in [1.54, 1.807) is 31.2 Å². The molecule has 21 heavy (non-hydrogen) atoms.